The molecule has 0 aliphatic heterocycles. The average Bonchev–Trinajstić information content (AvgIpc) is 2.15. The largest absolute Gasteiger partial charge is 0.468 e. The number of carbonyl (C=O) groups is 2. The molecule has 100 valence electrons. The van der Waals surface area contributed by atoms with Crippen LogP contribution in [0.15, 0.2) is 0 Å². The van der Waals surface area contributed by atoms with Crippen LogP contribution in [0.4, 0.5) is 0 Å². The van der Waals surface area contributed by atoms with E-state index in [1.165, 1.54) is 14.2 Å². The molecule has 4 nitrogen and oxygen atoms in total. The molecule has 2 atom stereocenters. The van der Waals surface area contributed by atoms with Gasteiger partial charge in [0.2, 0.25) is 0 Å². The summed E-state index contributed by atoms with van der Waals surface area (Å²) in [7, 11) is 2.78. The molecule has 0 saturated carbocycles. The molecule has 17 heavy (non-hydrogen) atoms. The number of hydrogen-bond donors (Lipinski definition) is 0. The highest BCUT2D eigenvalue weighted by atomic mass is 16.5. The maximum absolute atomic E-state index is 12.3. The summed E-state index contributed by atoms with van der Waals surface area (Å²) >= 11 is 0. The third kappa shape index (κ3) is 4.11. The van der Waals surface area contributed by atoms with Gasteiger partial charge in [-0.05, 0) is 11.3 Å². The van der Waals surface area contributed by atoms with Gasteiger partial charge in [0.15, 0.2) is 5.78 Å². The number of Topliss-reactive ketones (excluding diaryl/α,β-unsaturated/α-hetero) is 1. The van der Waals surface area contributed by atoms with Gasteiger partial charge >= 0.3 is 5.97 Å². The van der Waals surface area contributed by atoms with Crippen LogP contribution in [0.1, 0.15) is 34.6 Å². The third-order valence-corrected chi connectivity index (χ3v) is 2.71. The summed E-state index contributed by atoms with van der Waals surface area (Å²) in [5.74, 6) is -1.56. The van der Waals surface area contributed by atoms with Gasteiger partial charge in [-0.1, -0.05) is 34.6 Å². The highest BCUT2D eigenvalue weighted by molar-refractivity contribution is 6.01. The maximum atomic E-state index is 12.3. The van der Waals surface area contributed by atoms with Gasteiger partial charge in [-0.3, -0.25) is 9.59 Å². The van der Waals surface area contributed by atoms with Crippen LogP contribution < -0.4 is 0 Å². The van der Waals surface area contributed by atoms with E-state index >= 15 is 0 Å². The smallest absolute Gasteiger partial charge is 0.316 e. The van der Waals surface area contributed by atoms with E-state index < -0.39 is 18.0 Å². The topological polar surface area (TPSA) is 52.6 Å². The molecule has 0 aromatic carbocycles. The van der Waals surface area contributed by atoms with Crippen LogP contribution in [-0.4, -0.2) is 32.1 Å². The van der Waals surface area contributed by atoms with Gasteiger partial charge in [0.25, 0.3) is 0 Å². The Kier molecular flexibility index (Phi) is 5.82. The van der Waals surface area contributed by atoms with Crippen molar-refractivity contribution in [3.63, 3.8) is 0 Å². The van der Waals surface area contributed by atoms with Crippen LogP contribution >= 0.6 is 0 Å². The second kappa shape index (κ2) is 6.15. The number of hydrogen-bond acceptors (Lipinski definition) is 4. The fraction of sp³-hybridized carbons (Fsp3) is 0.846. The van der Waals surface area contributed by atoms with Crippen molar-refractivity contribution in [3.8, 4) is 0 Å². The van der Waals surface area contributed by atoms with E-state index in [1.54, 1.807) is 0 Å². The first kappa shape index (κ1) is 16.1. The average molecular weight is 244 g/mol. The van der Waals surface area contributed by atoms with E-state index in [-0.39, 0.29) is 17.1 Å². The van der Waals surface area contributed by atoms with Crippen molar-refractivity contribution in [2.45, 2.75) is 40.7 Å². The Balaban J connectivity index is 5.14. The van der Waals surface area contributed by atoms with E-state index in [1.807, 2.05) is 34.6 Å². The number of ether oxygens (including phenoxy) is 2. The normalized spacial score (nSPS) is 15.5. The van der Waals surface area contributed by atoms with Crippen molar-refractivity contribution in [3.05, 3.63) is 0 Å². The Morgan fingerprint density at radius 1 is 1.06 bits per heavy atom. The van der Waals surface area contributed by atoms with E-state index in [0.717, 1.165) is 0 Å². The van der Waals surface area contributed by atoms with Gasteiger partial charge in [0, 0.05) is 7.11 Å². The van der Waals surface area contributed by atoms with E-state index in [4.69, 9.17) is 4.74 Å². The molecule has 4 heteroatoms. The third-order valence-electron chi connectivity index (χ3n) is 2.71. The first-order valence-electron chi connectivity index (χ1n) is 5.81. The van der Waals surface area contributed by atoms with Gasteiger partial charge in [-0.25, -0.2) is 0 Å². The van der Waals surface area contributed by atoms with Crippen molar-refractivity contribution in [1.82, 2.24) is 0 Å². The Labute approximate surface area is 104 Å². The molecular weight excluding hydrogens is 220 g/mol. The van der Waals surface area contributed by atoms with Crippen molar-refractivity contribution < 1.29 is 19.1 Å². The van der Waals surface area contributed by atoms with Gasteiger partial charge in [0.1, 0.15) is 12.0 Å². The zero-order chi connectivity index (χ0) is 13.8. The Hall–Kier alpha value is -0.900. The molecule has 0 fully saturated rings. The lowest BCUT2D eigenvalue weighted by Gasteiger charge is -2.31. The number of rotatable bonds is 5. The zero-order valence-corrected chi connectivity index (χ0v) is 11.9. The van der Waals surface area contributed by atoms with E-state index in [2.05, 4.69) is 4.74 Å². The van der Waals surface area contributed by atoms with Crippen LogP contribution in [0, 0.1) is 17.3 Å². The number of carbonyl (C=O) groups excluding carboxylic acids is 2. The van der Waals surface area contributed by atoms with Gasteiger partial charge in [0.05, 0.1) is 7.11 Å². The highest BCUT2D eigenvalue weighted by Gasteiger charge is 2.40. The van der Waals surface area contributed by atoms with Crippen LogP contribution in [0.2, 0.25) is 0 Å². The van der Waals surface area contributed by atoms with Crippen LogP contribution in [0.3, 0.4) is 0 Å². The molecular formula is C13H24O4. The molecule has 0 aliphatic carbocycles. The van der Waals surface area contributed by atoms with E-state index in [0.29, 0.717) is 0 Å². The molecule has 0 amide bonds. The lowest BCUT2D eigenvalue weighted by atomic mass is 9.79. The van der Waals surface area contributed by atoms with Crippen molar-refractivity contribution in [1.29, 1.82) is 0 Å². The molecule has 0 N–H and O–H groups in total. The first-order valence-corrected chi connectivity index (χ1v) is 5.81. The summed E-state index contributed by atoms with van der Waals surface area (Å²) in [6.45, 7) is 9.39. The van der Waals surface area contributed by atoms with Crippen LogP contribution in [0.25, 0.3) is 0 Å². The molecule has 0 bridgehead atoms. The molecule has 0 spiro atoms. The molecule has 0 aliphatic rings. The highest BCUT2D eigenvalue weighted by Crippen LogP contribution is 2.27. The Bertz CT molecular complexity index is 276. The fourth-order valence-corrected chi connectivity index (χ4v) is 1.90. The van der Waals surface area contributed by atoms with Gasteiger partial charge in [-0.2, -0.15) is 0 Å². The maximum Gasteiger partial charge on any atom is 0.316 e. The lowest BCUT2D eigenvalue weighted by Crippen LogP contribution is -2.44. The number of esters is 1. The summed E-state index contributed by atoms with van der Waals surface area (Å²) < 4.78 is 9.93. The molecule has 0 aromatic heterocycles. The first-order chi connectivity index (χ1) is 7.66. The number of methoxy groups -OCH3 is 2. The molecule has 0 saturated heterocycles. The second-order valence-electron chi connectivity index (χ2n) is 5.63. The van der Waals surface area contributed by atoms with Crippen molar-refractivity contribution >= 4 is 11.8 Å². The minimum absolute atomic E-state index is 0.102. The van der Waals surface area contributed by atoms with Gasteiger partial charge < -0.3 is 9.47 Å². The molecule has 0 rings (SSSR count). The zero-order valence-electron chi connectivity index (χ0n) is 11.9. The summed E-state index contributed by atoms with van der Waals surface area (Å²) in [6.07, 6.45) is -0.603. The lowest BCUT2D eigenvalue weighted by molar-refractivity contribution is -0.157. The molecule has 0 heterocycles. The summed E-state index contributed by atoms with van der Waals surface area (Å²) in [6, 6.07) is 0. The van der Waals surface area contributed by atoms with E-state index in [9.17, 15) is 9.59 Å². The monoisotopic (exact) mass is 244 g/mol. The summed E-state index contributed by atoms with van der Waals surface area (Å²) in [4.78, 5) is 24.0. The Morgan fingerprint density at radius 2 is 1.53 bits per heavy atom. The number of ketones is 1. The second-order valence-corrected chi connectivity index (χ2v) is 5.63. The quantitative estimate of drug-likeness (QED) is 0.548. The standard InChI is InChI=1S/C13H24O4/c1-8(2)9(12(15)17-7)10(14)11(16-6)13(3,4)5/h8-9,11H,1-7H3. The fourth-order valence-electron chi connectivity index (χ4n) is 1.90. The predicted molar refractivity (Wildman–Crippen MR) is 65.6 cm³/mol. The minimum atomic E-state index is -0.760. The SMILES string of the molecule is COC(=O)C(C(=O)C(OC)C(C)(C)C)C(C)C. The minimum Gasteiger partial charge on any atom is -0.468 e. The molecule has 0 aromatic rings. The van der Waals surface area contributed by atoms with Crippen molar-refractivity contribution in [2.24, 2.45) is 17.3 Å². The summed E-state index contributed by atoms with van der Waals surface area (Å²) in [5.41, 5.74) is -0.340. The molecule has 0 radical (unpaired) electrons. The van der Waals surface area contributed by atoms with Crippen LogP contribution in [-0.2, 0) is 19.1 Å². The molecule has 2 unspecified atom stereocenters. The van der Waals surface area contributed by atoms with Crippen LogP contribution in [0.5, 0.6) is 0 Å². The predicted octanol–water partition coefficient (Wildman–Crippen LogP) is 2.06. The Morgan fingerprint density at radius 3 is 1.76 bits per heavy atom. The van der Waals surface area contributed by atoms with Gasteiger partial charge in [-0.15, -0.1) is 0 Å². The van der Waals surface area contributed by atoms with Crippen molar-refractivity contribution in [2.75, 3.05) is 14.2 Å². The summed E-state index contributed by atoms with van der Waals surface area (Å²) in [5, 5.41) is 0.